The molecule has 2 rings (SSSR count). The summed E-state index contributed by atoms with van der Waals surface area (Å²) in [4.78, 5) is 4.68. The molecule has 17 heavy (non-hydrogen) atoms. The summed E-state index contributed by atoms with van der Waals surface area (Å²) in [5.74, 6) is 0.963. The van der Waals surface area contributed by atoms with Gasteiger partial charge in [-0.15, -0.1) is 0 Å². The number of hydrogen-bond donors (Lipinski definition) is 1. The molecule has 0 aliphatic rings. The number of hydrogen-bond acceptors (Lipinski definition) is 2. The number of halogens is 1. The van der Waals surface area contributed by atoms with Gasteiger partial charge in [0.25, 0.3) is 0 Å². The number of aryl methyl sites for hydroxylation is 2. The summed E-state index contributed by atoms with van der Waals surface area (Å²) in [7, 11) is 0. The number of rotatable bonds is 3. The Kier molecular flexibility index (Phi) is 3.53. The third-order valence-corrected chi connectivity index (χ3v) is 3.32. The first-order chi connectivity index (χ1) is 8.13. The third-order valence-electron chi connectivity index (χ3n) is 2.91. The number of nitrogens with one attached hydrogen (secondary N) is 1. The summed E-state index contributed by atoms with van der Waals surface area (Å²) in [5.41, 5.74) is 3.21. The van der Waals surface area contributed by atoms with Crippen LogP contribution >= 0.6 is 11.6 Å². The van der Waals surface area contributed by atoms with Gasteiger partial charge in [0.05, 0.1) is 5.52 Å². The number of benzene rings is 1. The predicted octanol–water partition coefficient (Wildman–Crippen LogP) is 4.33. The standard InChI is InChI=1S/C14H17ClN2/c1-4-7-16-14-9(2)8-11-5-6-12(15)10(3)13(11)17-14/h5-6,8H,4,7H2,1-3H3,(H,16,17). The van der Waals surface area contributed by atoms with Crippen molar-refractivity contribution in [2.24, 2.45) is 0 Å². The van der Waals surface area contributed by atoms with Gasteiger partial charge in [0, 0.05) is 17.0 Å². The molecule has 0 saturated carbocycles. The van der Waals surface area contributed by atoms with Crippen molar-refractivity contribution in [3.05, 3.63) is 34.3 Å². The summed E-state index contributed by atoms with van der Waals surface area (Å²) in [6, 6.07) is 6.11. The third kappa shape index (κ3) is 2.37. The molecule has 90 valence electrons. The fraction of sp³-hybridized carbons (Fsp3) is 0.357. The lowest BCUT2D eigenvalue weighted by Crippen LogP contribution is -2.04. The number of nitrogens with zero attached hydrogens (tertiary/aromatic N) is 1. The number of aromatic nitrogens is 1. The Balaban J connectivity index is 2.56. The van der Waals surface area contributed by atoms with E-state index in [1.54, 1.807) is 0 Å². The molecule has 1 N–H and O–H groups in total. The van der Waals surface area contributed by atoms with Crippen LogP contribution in [0.15, 0.2) is 18.2 Å². The number of anilines is 1. The molecule has 2 aromatic rings. The number of fused-ring (bicyclic) bond motifs is 1. The molecule has 1 aromatic heterocycles. The van der Waals surface area contributed by atoms with Gasteiger partial charge in [-0.3, -0.25) is 0 Å². The van der Waals surface area contributed by atoms with Crippen LogP contribution < -0.4 is 5.32 Å². The molecule has 0 unspecified atom stereocenters. The maximum Gasteiger partial charge on any atom is 0.129 e. The Bertz CT molecular complexity index is 549. The van der Waals surface area contributed by atoms with Gasteiger partial charge in [0.2, 0.25) is 0 Å². The lowest BCUT2D eigenvalue weighted by atomic mass is 10.1. The van der Waals surface area contributed by atoms with Crippen molar-refractivity contribution >= 4 is 28.3 Å². The Labute approximate surface area is 107 Å². The van der Waals surface area contributed by atoms with Crippen molar-refractivity contribution in [2.75, 3.05) is 11.9 Å². The van der Waals surface area contributed by atoms with E-state index in [0.29, 0.717) is 0 Å². The summed E-state index contributed by atoms with van der Waals surface area (Å²) in [6.45, 7) is 7.18. The first kappa shape index (κ1) is 12.2. The van der Waals surface area contributed by atoms with Gasteiger partial charge in [-0.05, 0) is 43.5 Å². The van der Waals surface area contributed by atoms with Gasteiger partial charge in [-0.25, -0.2) is 4.98 Å². The second-order valence-corrected chi connectivity index (χ2v) is 4.73. The molecule has 0 spiro atoms. The molecule has 0 bridgehead atoms. The highest BCUT2D eigenvalue weighted by Crippen LogP contribution is 2.27. The van der Waals surface area contributed by atoms with E-state index in [4.69, 9.17) is 11.6 Å². The van der Waals surface area contributed by atoms with Crippen LogP contribution in [0.5, 0.6) is 0 Å². The maximum atomic E-state index is 6.12. The largest absolute Gasteiger partial charge is 0.370 e. The van der Waals surface area contributed by atoms with E-state index in [9.17, 15) is 0 Å². The van der Waals surface area contributed by atoms with E-state index in [2.05, 4.69) is 30.2 Å². The topological polar surface area (TPSA) is 24.9 Å². The molecule has 0 aliphatic heterocycles. The van der Waals surface area contributed by atoms with Crippen molar-refractivity contribution in [3.63, 3.8) is 0 Å². The molecule has 0 fully saturated rings. The molecule has 0 atom stereocenters. The molecule has 0 amide bonds. The van der Waals surface area contributed by atoms with Gasteiger partial charge >= 0.3 is 0 Å². The van der Waals surface area contributed by atoms with E-state index in [1.807, 2.05) is 19.1 Å². The van der Waals surface area contributed by atoms with Crippen LogP contribution in [0.3, 0.4) is 0 Å². The van der Waals surface area contributed by atoms with E-state index in [-0.39, 0.29) is 0 Å². The summed E-state index contributed by atoms with van der Waals surface area (Å²) in [5, 5.41) is 5.27. The molecule has 1 aromatic carbocycles. The van der Waals surface area contributed by atoms with Gasteiger partial charge in [-0.2, -0.15) is 0 Å². The highest BCUT2D eigenvalue weighted by molar-refractivity contribution is 6.32. The minimum Gasteiger partial charge on any atom is -0.370 e. The monoisotopic (exact) mass is 248 g/mol. The van der Waals surface area contributed by atoms with Crippen LogP contribution in [0, 0.1) is 13.8 Å². The van der Waals surface area contributed by atoms with Crippen LogP contribution in [-0.4, -0.2) is 11.5 Å². The normalized spacial score (nSPS) is 10.8. The van der Waals surface area contributed by atoms with Gasteiger partial charge < -0.3 is 5.32 Å². The highest BCUT2D eigenvalue weighted by Gasteiger charge is 2.07. The average molecular weight is 249 g/mol. The van der Waals surface area contributed by atoms with Crippen molar-refractivity contribution in [2.45, 2.75) is 27.2 Å². The molecule has 0 aliphatic carbocycles. The van der Waals surface area contributed by atoms with Crippen molar-refractivity contribution < 1.29 is 0 Å². The second-order valence-electron chi connectivity index (χ2n) is 4.32. The fourth-order valence-electron chi connectivity index (χ4n) is 1.89. The summed E-state index contributed by atoms with van der Waals surface area (Å²) >= 11 is 6.12. The first-order valence-electron chi connectivity index (χ1n) is 5.93. The van der Waals surface area contributed by atoms with E-state index in [1.165, 1.54) is 5.56 Å². The van der Waals surface area contributed by atoms with E-state index >= 15 is 0 Å². The molecule has 0 radical (unpaired) electrons. The lowest BCUT2D eigenvalue weighted by molar-refractivity contribution is 0.968. The Hall–Kier alpha value is -1.28. The molecule has 2 nitrogen and oxygen atoms in total. The van der Waals surface area contributed by atoms with Gasteiger partial charge in [0.1, 0.15) is 5.82 Å². The average Bonchev–Trinajstić information content (AvgIpc) is 2.32. The SMILES string of the molecule is CCCNc1nc2c(C)c(Cl)ccc2cc1C. The maximum absolute atomic E-state index is 6.12. The number of pyridine rings is 1. The van der Waals surface area contributed by atoms with Crippen LogP contribution in [0.1, 0.15) is 24.5 Å². The first-order valence-corrected chi connectivity index (χ1v) is 6.31. The van der Waals surface area contributed by atoms with Crippen LogP contribution in [0.25, 0.3) is 10.9 Å². The van der Waals surface area contributed by atoms with Crippen molar-refractivity contribution in [1.29, 1.82) is 0 Å². The summed E-state index contributed by atoms with van der Waals surface area (Å²) in [6.07, 6.45) is 1.09. The van der Waals surface area contributed by atoms with E-state index < -0.39 is 0 Å². The predicted molar refractivity (Wildman–Crippen MR) is 75.0 cm³/mol. The zero-order valence-corrected chi connectivity index (χ0v) is 11.2. The smallest absolute Gasteiger partial charge is 0.129 e. The van der Waals surface area contributed by atoms with Crippen LogP contribution in [0.2, 0.25) is 5.02 Å². The molecular weight excluding hydrogens is 232 g/mol. The zero-order chi connectivity index (χ0) is 12.4. The zero-order valence-electron chi connectivity index (χ0n) is 10.5. The lowest BCUT2D eigenvalue weighted by Gasteiger charge is -2.11. The molecule has 3 heteroatoms. The summed E-state index contributed by atoms with van der Waals surface area (Å²) < 4.78 is 0. The van der Waals surface area contributed by atoms with Crippen LogP contribution in [0.4, 0.5) is 5.82 Å². The van der Waals surface area contributed by atoms with Crippen molar-refractivity contribution in [3.8, 4) is 0 Å². The molecule has 1 heterocycles. The van der Waals surface area contributed by atoms with Crippen molar-refractivity contribution in [1.82, 2.24) is 4.98 Å². The minimum absolute atomic E-state index is 0.773. The van der Waals surface area contributed by atoms with Crippen LogP contribution in [-0.2, 0) is 0 Å². The Morgan fingerprint density at radius 2 is 2.06 bits per heavy atom. The molecular formula is C14H17ClN2. The van der Waals surface area contributed by atoms with Gasteiger partial charge in [0.15, 0.2) is 0 Å². The minimum atomic E-state index is 0.773. The van der Waals surface area contributed by atoms with E-state index in [0.717, 1.165) is 40.3 Å². The Morgan fingerprint density at radius 3 is 2.76 bits per heavy atom. The fourth-order valence-corrected chi connectivity index (χ4v) is 2.04. The highest BCUT2D eigenvalue weighted by atomic mass is 35.5. The molecule has 0 saturated heterocycles. The second kappa shape index (κ2) is 4.92. The quantitative estimate of drug-likeness (QED) is 0.875. The Morgan fingerprint density at radius 1 is 1.29 bits per heavy atom. The van der Waals surface area contributed by atoms with Gasteiger partial charge in [-0.1, -0.05) is 24.6 Å².